The average molecular weight is 313 g/mol. The minimum absolute atomic E-state index is 0.0101. The van der Waals surface area contributed by atoms with E-state index < -0.39 is 10.0 Å². The summed E-state index contributed by atoms with van der Waals surface area (Å²) in [6.07, 6.45) is 4.59. The first-order chi connectivity index (χ1) is 10.1. The standard InChI is InChI=1S/C14H23N3O3S/c1-2-15-9-11-8-12(10-16-11)21(18,19)17-6-7-20-14-5-3-4-13(14)17/h8,10,13-16H,2-7,9H2,1H3. The number of ether oxygens (including phenoxy) is 1. The predicted octanol–water partition coefficient (Wildman–Crippen LogP) is 1.07. The molecule has 21 heavy (non-hydrogen) atoms. The number of morpholine rings is 1. The van der Waals surface area contributed by atoms with Crippen molar-refractivity contribution in [3.8, 4) is 0 Å². The Kier molecular flexibility index (Phi) is 4.35. The van der Waals surface area contributed by atoms with Crippen LogP contribution in [0, 0.1) is 0 Å². The number of nitrogens with zero attached hydrogens (tertiary/aromatic N) is 1. The Morgan fingerprint density at radius 3 is 3.14 bits per heavy atom. The normalized spacial score (nSPS) is 26.9. The lowest BCUT2D eigenvalue weighted by Gasteiger charge is -2.36. The van der Waals surface area contributed by atoms with E-state index >= 15 is 0 Å². The molecule has 2 aliphatic rings. The van der Waals surface area contributed by atoms with Crippen molar-refractivity contribution in [2.75, 3.05) is 19.7 Å². The third kappa shape index (κ3) is 2.88. The molecule has 3 rings (SSSR count). The number of hydrogen-bond acceptors (Lipinski definition) is 4. The highest BCUT2D eigenvalue weighted by molar-refractivity contribution is 7.89. The molecule has 2 fully saturated rings. The Bertz CT molecular complexity index is 584. The lowest BCUT2D eigenvalue weighted by Crippen LogP contribution is -2.51. The van der Waals surface area contributed by atoms with Crippen molar-refractivity contribution < 1.29 is 13.2 Å². The molecule has 1 aromatic rings. The second-order valence-corrected chi connectivity index (χ2v) is 7.55. The first-order valence-electron chi connectivity index (χ1n) is 7.64. The molecule has 6 nitrogen and oxygen atoms in total. The molecule has 2 N–H and O–H groups in total. The Morgan fingerprint density at radius 2 is 2.33 bits per heavy atom. The highest BCUT2D eigenvalue weighted by atomic mass is 32.2. The van der Waals surface area contributed by atoms with Gasteiger partial charge in [-0.1, -0.05) is 6.92 Å². The van der Waals surface area contributed by atoms with Crippen molar-refractivity contribution >= 4 is 10.0 Å². The maximum absolute atomic E-state index is 12.8. The summed E-state index contributed by atoms with van der Waals surface area (Å²) in [7, 11) is -3.43. The molecule has 0 bridgehead atoms. The molecule has 2 unspecified atom stereocenters. The fourth-order valence-electron chi connectivity index (χ4n) is 3.25. The molecule has 0 amide bonds. The van der Waals surface area contributed by atoms with E-state index in [2.05, 4.69) is 10.3 Å². The van der Waals surface area contributed by atoms with Crippen LogP contribution in [0.4, 0.5) is 0 Å². The van der Waals surface area contributed by atoms with E-state index in [-0.39, 0.29) is 12.1 Å². The second kappa shape index (κ2) is 6.08. The van der Waals surface area contributed by atoms with E-state index in [1.54, 1.807) is 16.6 Å². The Hall–Kier alpha value is -0.890. The van der Waals surface area contributed by atoms with Crippen LogP contribution < -0.4 is 5.32 Å². The van der Waals surface area contributed by atoms with Gasteiger partial charge in [-0.3, -0.25) is 0 Å². The van der Waals surface area contributed by atoms with E-state index in [0.717, 1.165) is 31.5 Å². The van der Waals surface area contributed by atoms with Gasteiger partial charge in [-0.05, 0) is 31.9 Å². The summed E-state index contributed by atoms with van der Waals surface area (Å²) >= 11 is 0. The first-order valence-corrected chi connectivity index (χ1v) is 9.08. The summed E-state index contributed by atoms with van der Waals surface area (Å²) in [5.41, 5.74) is 0.895. The first kappa shape index (κ1) is 15.0. The molecule has 0 radical (unpaired) electrons. The van der Waals surface area contributed by atoms with Gasteiger partial charge in [0.25, 0.3) is 0 Å². The number of fused-ring (bicyclic) bond motifs is 1. The van der Waals surface area contributed by atoms with Crippen molar-refractivity contribution in [2.45, 2.75) is 49.8 Å². The van der Waals surface area contributed by atoms with Gasteiger partial charge in [0.05, 0.1) is 23.6 Å². The number of nitrogens with one attached hydrogen (secondary N) is 2. The molecular formula is C14H23N3O3S. The molecule has 2 atom stereocenters. The maximum Gasteiger partial charge on any atom is 0.245 e. The van der Waals surface area contributed by atoms with E-state index in [1.807, 2.05) is 6.92 Å². The van der Waals surface area contributed by atoms with E-state index in [4.69, 9.17) is 4.74 Å². The molecule has 1 saturated carbocycles. The molecule has 1 aliphatic carbocycles. The number of hydrogen-bond donors (Lipinski definition) is 2. The van der Waals surface area contributed by atoms with Crippen LogP contribution in [-0.4, -0.2) is 49.5 Å². The zero-order valence-electron chi connectivity index (χ0n) is 12.3. The molecule has 7 heteroatoms. The highest BCUT2D eigenvalue weighted by Crippen LogP contribution is 2.33. The molecular weight excluding hydrogens is 290 g/mol. The third-order valence-electron chi connectivity index (χ3n) is 4.32. The van der Waals surface area contributed by atoms with Gasteiger partial charge >= 0.3 is 0 Å². The second-order valence-electron chi connectivity index (χ2n) is 5.66. The molecule has 0 aromatic carbocycles. The summed E-state index contributed by atoms with van der Waals surface area (Å²) in [5.74, 6) is 0. The van der Waals surface area contributed by atoms with Gasteiger partial charge in [0, 0.05) is 25.0 Å². The van der Waals surface area contributed by atoms with Crippen molar-refractivity contribution in [2.24, 2.45) is 0 Å². The van der Waals surface area contributed by atoms with Crippen molar-refractivity contribution in [1.29, 1.82) is 0 Å². The van der Waals surface area contributed by atoms with Crippen LogP contribution in [0.1, 0.15) is 31.9 Å². The lowest BCUT2D eigenvalue weighted by atomic mass is 10.2. The van der Waals surface area contributed by atoms with Gasteiger partial charge in [0.1, 0.15) is 0 Å². The Labute approximate surface area is 125 Å². The highest BCUT2D eigenvalue weighted by Gasteiger charge is 2.42. The van der Waals surface area contributed by atoms with Crippen LogP contribution in [0.2, 0.25) is 0 Å². The quantitative estimate of drug-likeness (QED) is 0.852. The maximum atomic E-state index is 12.8. The molecule has 118 valence electrons. The van der Waals surface area contributed by atoms with Gasteiger partial charge in [0.15, 0.2) is 0 Å². The summed E-state index contributed by atoms with van der Waals surface area (Å²) in [5, 5.41) is 3.19. The van der Waals surface area contributed by atoms with Crippen LogP contribution in [0.25, 0.3) is 0 Å². The van der Waals surface area contributed by atoms with Crippen LogP contribution in [0.5, 0.6) is 0 Å². The summed E-state index contributed by atoms with van der Waals surface area (Å²) in [6, 6.07) is 1.74. The van der Waals surface area contributed by atoms with Gasteiger partial charge in [-0.25, -0.2) is 8.42 Å². The number of aromatic amines is 1. The van der Waals surface area contributed by atoms with Crippen LogP contribution >= 0.6 is 0 Å². The van der Waals surface area contributed by atoms with Gasteiger partial charge in [-0.2, -0.15) is 4.31 Å². The van der Waals surface area contributed by atoms with Crippen molar-refractivity contribution in [3.05, 3.63) is 18.0 Å². The van der Waals surface area contributed by atoms with Gasteiger partial charge < -0.3 is 15.0 Å². The van der Waals surface area contributed by atoms with Crippen LogP contribution in [0.15, 0.2) is 17.2 Å². The lowest BCUT2D eigenvalue weighted by molar-refractivity contribution is -0.0241. The molecule has 0 spiro atoms. The van der Waals surface area contributed by atoms with Crippen molar-refractivity contribution in [3.63, 3.8) is 0 Å². The van der Waals surface area contributed by atoms with Gasteiger partial charge in [-0.15, -0.1) is 0 Å². The zero-order valence-corrected chi connectivity index (χ0v) is 13.2. The summed E-state index contributed by atoms with van der Waals surface area (Å²) in [6.45, 7) is 4.48. The number of rotatable bonds is 5. The number of aromatic nitrogens is 1. The Balaban J connectivity index is 1.80. The smallest absolute Gasteiger partial charge is 0.245 e. The molecule has 1 saturated heterocycles. The third-order valence-corrected chi connectivity index (χ3v) is 6.22. The monoisotopic (exact) mass is 313 g/mol. The minimum atomic E-state index is -3.43. The fraction of sp³-hybridized carbons (Fsp3) is 0.714. The number of sulfonamides is 1. The molecule has 2 heterocycles. The number of H-pyrrole nitrogens is 1. The average Bonchev–Trinajstić information content (AvgIpc) is 3.13. The Morgan fingerprint density at radius 1 is 1.48 bits per heavy atom. The topological polar surface area (TPSA) is 74.4 Å². The zero-order chi connectivity index (χ0) is 14.9. The SMILES string of the molecule is CCNCc1cc(S(=O)(=O)N2CCOC3CCCC32)c[nH]1. The van der Waals surface area contributed by atoms with E-state index in [0.29, 0.717) is 24.6 Å². The summed E-state index contributed by atoms with van der Waals surface area (Å²) in [4.78, 5) is 3.41. The molecule has 1 aliphatic heterocycles. The van der Waals surface area contributed by atoms with Crippen LogP contribution in [-0.2, 0) is 21.3 Å². The summed E-state index contributed by atoms with van der Waals surface area (Å²) < 4.78 is 33.0. The predicted molar refractivity (Wildman–Crippen MR) is 79.4 cm³/mol. The van der Waals surface area contributed by atoms with Crippen molar-refractivity contribution in [1.82, 2.24) is 14.6 Å². The van der Waals surface area contributed by atoms with E-state index in [9.17, 15) is 8.42 Å². The van der Waals surface area contributed by atoms with E-state index in [1.165, 1.54) is 0 Å². The largest absolute Gasteiger partial charge is 0.375 e. The van der Waals surface area contributed by atoms with Gasteiger partial charge in [0.2, 0.25) is 10.0 Å². The molecule has 1 aromatic heterocycles. The van der Waals surface area contributed by atoms with Crippen LogP contribution in [0.3, 0.4) is 0 Å². The fourth-order valence-corrected chi connectivity index (χ4v) is 4.94. The minimum Gasteiger partial charge on any atom is -0.375 e.